The van der Waals surface area contributed by atoms with Gasteiger partial charge in [0, 0.05) is 29.0 Å². The molecule has 0 aliphatic carbocycles. The number of fused-ring (bicyclic) bond motifs is 2. The molecule has 2 aromatic heterocycles. The highest BCUT2D eigenvalue weighted by Crippen LogP contribution is 2.35. The second kappa shape index (κ2) is 10.2. The summed E-state index contributed by atoms with van der Waals surface area (Å²) in [6.07, 6.45) is 4.32. The molecule has 0 spiro atoms. The highest BCUT2D eigenvalue weighted by Gasteiger charge is 2.35. The number of nitriles is 1. The molecule has 6 rings (SSSR count). The van der Waals surface area contributed by atoms with Crippen LogP contribution in [0, 0.1) is 11.3 Å². The summed E-state index contributed by atoms with van der Waals surface area (Å²) in [6, 6.07) is 17.1. The van der Waals surface area contributed by atoms with Gasteiger partial charge in [-0.3, -0.25) is 0 Å². The van der Waals surface area contributed by atoms with E-state index in [4.69, 9.17) is 14.2 Å². The van der Waals surface area contributed by atoms with Crippen molar-refractivity contribution in [3.05, 3.63) is 101 Å². The largest absolute Gasteiger partial charge is 0.457 e. The first-order valence-corrected chi connectivity index (χ1v) is 12.4. The quantitative estimate of drug-likeness (QED) is 0.311. The number of pyridine rings is 1. The van der Waals surface area contributed by atoms with Crippen LogP contribution in [0.1, 0.15) is 34.7 Å². The van der Waals surface area contributed by atoms with E-state index in [1.165, 1.54) is 0 Å². The van der Waals surface area contributed by atoms with Gasteiger partial charge in [0.05, 0.1) is 23.2 Å². The zero-order valence-corrected chi connectivity index (χ0v) is 20.7. The third-order valence-corrected chi connectivity index (χ3v) is 6.69. The number of aromatic amines is 1. The molecule has 2 amide bonds. The number of benzene rings is 2. The lowest BCUT2D eigenvalue weighted by atomic mass is 9.93. The average molecular weight is 522 g/mol. The number of amides is 2. The van der Waals surface area contributed by atoms with Crippen LogP contribution in [0.3, 0.4) is 0 Å². The number of aromatic nitrogens is 2. The van der Waals surface area contributed by atoms with Gasteiger partial charge in [0.1, 0.15) is 12.3 Å². The summed E-state index contributed by atoms with van der Waals surface area (Å²) < 4.78 is 16.6. The van der Waals surface area contributed by atoms with Crippen LogP contribution in [0.15, 0.2) is 78.3 Å². The predicted octanol–water partition coefficient (Wildman–Crippen LogP) is 4.15. The van der Waals surface area contributed by atoms with Crippen LogP contribution in [0.25, 0.3) is 11.0 Å². The Labute approximate surface area is 223 Å². The van der Waals surface area contributed by atoms with Gasteiger partial charge in [-0.2, -0.15) is 5.26 Å². The molecule has 2 aliphatic rings. The number of aryl methyl sites for hydroxylation is 1. The molecule has 3 N–H and O–H groups in total. The van der Waals surface area contributed by atoms with Crippen molar-refractivity contribution in [2.24, 2.45) is 0 Å². The molecule has 2 aromatic carbocycles. The molecule has 0 saturated carbocycles. The monoisotopic (exact) mass is 521 g/mol. The number of H-pyrrole nitrogens is 1. The Morgan fingerprint density at radius 2 is 1.97 bits per heavy atom. The fraction of sp³-hybridized carbons (Fsp3) is 0.172. The van der Waals surface area contributed by atoms with E-state index in [0.717, 1.165) is 10.9 Å². The van der Waals surface area contributed by atoms with Gasteiger partial charge in [0.25, 0.3) is 0 Å². The van der Waals surface area contributed by atoms with Crippen LogP contribution in [0.5, 0.6) is 11.5 Å². The number of carbonyl (C=O) groups excluding carboxylic acids is 2. The SMILES string of the molecule is N#Cc1cccc(COC(=O)C2=C(CCc3ccc4c(c3)OCO4)NC(=O)NC2c2c[nH]c3ncccc23)c1. The predicted molar refractivity (Wildman–Crippen MR) is 139 cm³/mol. The van der Waals surface area contributed by atoms with Crippen molar-refractivity contribution in [3.63, 3.8) is 0 Å². The van der Waals surface area contributed by atoms with Gasteiger partial charge in [0.2, 0.25) is 6.79 Å². The van der Waals surface area contributed by atoms with Gasteiger partial charge in [-0.1, -0.05) is 18.2 Å². The minimum atomic E-state index is -0.763. The number of allylic oxidation sites excluding steroid dienone is 1. The summed E-state index contributed by atoms with van der Waals surface area (Å²) >= 11 is 0. The Balaban J connectivity index is 1.34. The highest BCUT2D eigenvalue weighted by atomic mass is 16.7. The normalized spacial score (nSPS) is 16.0. The number of urea groups is 1. The fourth-order valence-corrected chi connectivity index (χ4v) is 4.83. The maximum atomic E-state index is 13.7. The van der Waals surface area contributed by atoms with Crippen LogP contribution in [0.2, 0.25) is 0 Å². The molecule has 0 fully saturated rings. The molecule has 0 bridgehead atoms. The Morgan fingerprint density at radius 3 is 2.87 bits per heavy atom. The first-order chi connectivity index (χ1) is 19.1. The van der Waals surface area contributed by atoms with E-state index in [0.29, 0.717) is 57.9 Å². The van der Waals surface area contributed by atoms with Crippen LogP contribution in [-0.4, -0.2) is 28.8 Å². The van der Waals surface area contributed by atoms with Crippen molar-refractivity contribution in [3.8, 4) is 17.6 Å². The molecular formula is C29H23N5O5. The molecular weight excluding hydrogens is 498 g/mol. The van der Waals surface area contributed by atoms with Gasteiger partial charge < -0.3 is 29.8 Å². The number of ether oxygens (including phenoxy) is 3. The Hall–Kier alpha value is -5.30. The Bertz CT molecular complexity index is 1670. The summed E-state index contributed by atoms with van der Waals surface area (Å²) in [5.74, 6) is 0.777. The molecule has 4 heterocycles. The zero-order valence-electron chi connectivity index (χ0n) is 20.7. The van der Waals surface area contributed by atoms with Crippen LogP contribution in [0.4, 0.5) is 4.79 Å². The molecule has 0 radical (unpaired) electrons. The van der Waals surface area contributed by atoms with E-state index in [2.05, 4.69) is 26.7 Å². The third-order valence-electron chi connectivity index (χ3n) is 6.69. The van der Waals surface area contributed by atoms with E-state index in [9.17, 15) is 14.9 Å². The summed E-state index contributed by atoms with van der Waals surface area (Å²) in [6.45, 7) is 0.156. The minimum Gasteiger partial charge on any atom is -0.457 e. The first-order valence-electron chi connectivity index (χ1n) is 12.4. The van der Waals surface area contributed by atoms with Gasteiger partial charge >= 0.3 is 12.0 Å². The number of rotatable bonds is 7. The molecule has 10 nitrogen and oxygen atoms in total. The number of nitrogens with zero attached hydrogens (tertiary/aromatic N) is 2. The van der Waals surface area contributed by atoms with Gasteiger partial charge in [0.15, 0.2) is 11.5 Å². The first kappa shape index (κ1) is 24.1. The van der Waals surface area contributed by atoms with Crippen LogP contribution < -0.4 is 20.1 Å². The maximum absolute atomic E-state index is 13.7. The number of esters is 1. The number of nitrogens with one attached hydrogen (secondary N) is 3. The molecule has 39 heavy (non-hydrogen) atoms. The summed E-state index contributed by atoms with van der Waals surface area (Å²) in [5, 5.41) is 15.7. The second-order valence-corrected chi connectivity index (χ2v) is 9.14. The molecule has 2 aliphatic heterocycles. The second-order valence-electron chi connectivity index (χ2n) is 9.14. The van der Waals surface area contributed by atoms with E-state index in [-0.39, 0.29) is 13.4 Å². The van der Waals surface area contributed by atoms with E-state index >= 15 is 0 Å². The van der Waals surface area contributed by atoms with Crippen LogP contribution in [-0.2, 0) is 22.6 Å². The van der Waals surface area contributed by atoms with Gasteiger partial charge in [-0.15, -0.1) is 0 Å². The van der Waals surface area contributed by atoms with Crippen molar-refractivity contribution < 1.29 is 23.8 Å². The van der Waals surface area contributed by atoms with Crippen molar-refractivity contribution in [2.75, 3.05) is 6.79 Å². The lowest BCUT2D eigenvalue weighted by Crippen LogP contribution is -2.46. The number of carbonyl (C=O) groups is 2. The average Bonchev–Trinajstić information content (AvgIpc) is 3.61. The maximum Gasteiger partial charge on any atom is 0.338 e. The molecule has 0 saturated heterocycles. The van der Waals surface area contributed by atoms with Crippen molar-refractivity contribution in [1.29, 1.82) is 5.26 Å². The lowest BCUT2D eigenvalue weighted by Gasteiger charge is -2.29. The molecule has 1 atom stereocenters. The van der Waals surface area contributed by atoms with Gasteiger partial charge in [-0.05, 0) is 60.4 Å². The minimum absolute atomic E-state index is 0.0244. The van der Waals surface area contributed by atoms with Crippen molar-refractivity contribution in [2.45, 2.75) is 25.5 Å². The van der Waals surface area contributed by atoms with E-state index in [1.807, 2.05) is 24.3 Å². The standard InChI is InChI=1S/C29H23N5O5/c30-13-18-3-1-4-19(11-18)15-37-28(35)25-22(8-6-17-7-9-23-24(12-17)39-16-38-23)33-29(36)34-26(25)21-14-32-27-20(21)5-2-10-31-27/h1-5,7,9-12,14,26H,6,8,15-16H2,(H,31,32)(H2,33,34,36). The number of hydrogen-bond donors (Lipinski definition) is 3. The van der Waals surface area contributed by atoms with Crippen molar-refractivity contribution in [1.82, 2.24) is 20.6 Å². The summed E-state index contributed by atoms with van der Waals surface area (Å²) in [7, 11) is 0. The topological polar surface area (TPSA) is 138 Å². The fourth-order valence-electron chi connectivity index (χ4n) is 4.83. The van der Waals surface area contributed by atoms with Gasteiger partial charge in [-0.25, -0.2) is 14.6 Å². The van der Waals surface area contributed by atoms with Crippen LogP contribution >= 0.6 is 0 Å². The molecule has 10 heteroatoms. The number of hydrogen-bond acceptors (Lipinski definition) is 7. The van der Waals surface area contributed by atoms with Crippen molar-refractivity contribution >= 4 is 23.0 Å². The third kappa shape index (κ3) is 4.85. The smallest absolute Gasteiger partial charge is 0.338 e. The molecule has 4 aromatic rings. The Morgan fingerprint density at radius 1 is 1.08 bits per heavy atom. The Kier molecular flexibility index (Phi) is 6.31. The molecule has 1 unspecified atom stereocenters. The summed E-state index contributed by atoms with van der Waals surface area (Å²) in [5.41, 5.74) is 4.24. The highest BCUT2D eigenvalue weighted by molar-refractivity contribution is 5.96. The van der Waals surface area contributed by atoms with E-state index < -0.39 is 18.0 Å². The van der Waals surface area contributed by atoms with E-state index in [1.54, 1.807) is 42.7 Å². The zero-order chi connectivity index (χ0) is 26.8. The molecule has 194 valence electrons. The summed E-state index contributed by atoms with van der Waals surface area (Å²) in [4.78, 5) is 33.9. The lowest BCUT2D eigenvalue weighted by molar-refractivity contribution is -0.140.